The highest BCUT2D eigenvalue weighted by molar-refractivity contribution is 9.10. The van der Waals surface area contributed by atoms with Crippen LogP contribution in [0.25, 0.3) is 11.4 Å². The molecule has 4 nitrogen and oxygen atoms in total. The third-order valence-electron chi connectivity index (χ3n) is 2.61. The molecule has 1 unspecified atom stereocenters. The van der Waals surface area contributed by atoms with Crippen molar-refractivity contribution in [2.24, 2.45) is 5.73 Å². The predicted molar refractivity (Wildman–Crippen MR) is 69.4 cm³/mol. The highest BCUT2D eigenvalue weighted by atomic mass is 79.9. The summed E-state index contributed by atoms with van der Waals surface area (Å²) in [6, 6.07) is 4.59. The van der Waals surface area contributed by atoms with Gasteiger partial charge >= 0.3 is 0 Å². The summed E-state index contributed by atoms with van der Waals surface area (Å²) in [6.07, 6.45) is 1.39. The highest BCUT2D eigenvalue weighted by Gasteiger charge is 2.12. The topological polar surface area (TPSA) is 64.9 Å². The SMILES string of the molecule is CCC(N)Cc1nc(-c2ccc(F)c(Br)c2)no1. The van der Waals surface area contributed by atoms with Crippen molar-refractivity contribution in [3.05, 3.63) is 34.4 Å². The molecule has 18 heavy (non-hydrogen) atoms. The fraction of sp³-hybridized carbons (Fsp3) is 0.333. The number of nitrogens with zero attached hydrogens (tertiary/aromatic N) is 2. The Balaban J connectivity index is 2.21. The van der Waals surface area contributed by atoms with Crippen LogP contribution in [0.3, 0.4) is 0 Å². The van der Waals surface area contributed by atoms with Gasteiger partial charge < -0.3 is 10.3 Å². The van der Waals surface area contributed by atoms with Crippen molar-refractivity contribution < 1.29 is 8.91 Å². The maximum atomic E-state index is 13.1. The van der Waals surface area contributed by atoms with E-state index in [1.54, 1.807) is 12.1 Å². The summed E-state index contributed by atoms with van der Waals surface area (Å²) in [7, 11) is 0. The van der Waals surface area contributed by atoms with Crippen LogP contribution in [0.1, 0.15) is 19.2 Å². The van der Waals surface area contributed by atoms with E-state index in [0.29, 0.717) is 28.2 Å². The molecule has 0 aliphatic rings. The first-order valence-electron chi connectivity index (χ1n) is 5.63. The van der Waals surface area contributed by atoms with Crippen molar-refractivity contribution in [1.82, 2.24) is 10.1 Å². The summed E-state index contributed by atoms with van der Waals surface area (Å²) in [5.74, 6) is 0.615. The number of benzene rings is 1. The molecule has 0 radical (unpaired) electrons. The standard InChI is InChI=1S/C12H13BrFN3O/c1-2-8(15)6-11-16-12(17-18-11)7-3-4-10(14)9(13)5-7/h3-5,8H,2,6,15H2,1H3. The zero-order chi connectivity index (χ0) is 13.1. The second kappa shape index (κ2) is 5.58. The van der Waals surface area contributed by atoms with E-state index in [-0.39, 0.29) is 11.9 Å². The summed E-state index contributed by atoms with van der Waals surface area (Å²) >= 11 is 3.12. The summed E-state index contributed by atoms with van der Waals surface area (Å²) in [6.45, 7) is 2.00. The van der Waals surface area contributed by atoms with Gasteiger partial charge in [0.15, 0.2) is 0 Å². The Kier molecular flexibility index (Phi) is 4.08. The fourth-order valence-electron chi connectivity index (χ4n) is 1.46. The lowest BCUT2D eigenvalue weighted by molar-refractivity contribution is 0.368. The molecule has 0 bridgehead atoms. The van der Waals surface area contributed by atoms with Crippen molar-refractivity contribution in [3.8, 4) is 11.4 Å². The van der Waals surface area contributed by atoms with Gasteiger partial charge in [-0.05, 0) is 40.5 Å². The van der Waals surface area contributed by atoms with Gasteiger partial charge in [-0.15, -0.1) is 0 Å². The van der Waals surface area contributed by atoms with Crippen molar-refractivity contribution in [2.75, 3.05) is 0 Å². The molecule has 2 N–H and O–H groups in total. The quantitative estimate of drug-likeness (QED) is 0.942. The van der Waals surface area contributed by atoms with E-state index in [2.05, 4.69) is 26.1 Å². The molecule has 0 aliphatic heterocycles. The van der Waals surface area contributed by atoms with Gasteiger partial charge in [0.05, 0.1) is 4.47 Å². The average molecular weight is 314 g/mol. The Morgan fingerprint density at radius 3 is 2.94 bits per heavy atom. The molecular formula is C12H13BrFN3O. The summed E-state index contributed by atoms with van der Waals surface area (Å²) in [5, 5.41) is 3.86. The van der Waals surface area contributed by atoms with Crippen molar-refractivity contribution in [2.45, 2.75) is 25.8 Å². The van der Waals surface area contributed by atoms with Crippen LogP contribution in [0.2, 0.25) is 0 Å². The Morgan fingerprint density at radius 2 is 2.28 bits per heavy atom. The van der Waals surface area contributed by atoms with Crippen LogP contribution in [-0.4, -0.2) is 16.2 Å². The van der Waals surface area contributed by atoms with Crippen LogP contribution in [0.15, 0.2) is 27.2 Å². The normalized spacial score (nSPS) is 12.7. The Morgan fingerprint density at radius 1 is 1.50 bits per heavy atom. The summed E-state index contributed by atoms with van der Waals surface area (Å²) in [5.41, 5.74) is 6.51. The number of halogens is 2. The molecule has 6 heteroatoms. The molecule has 96 valence electrons. The Bertz CT molecular complexity index is 544. The third kappa shape index (κ3) is 2.94. The van der Waals surface area contributed by atoms with Gasteiger partial charge in [0.1, 0.15) is 5.82 Å². The molecule has 1 aromatic carbocycles. The van der Waals surface area contributed by atoms with E-state index in [1.165, 1.54) is 6.07 Å². The smallest absolute Gasteiger partial charge is 0.228 e. The number of hydrogen-bond donors (Lipinski definition) is 1. The molecule has 0 fully saturated rings. The number of nitrogens with two attached hydrogens (primary N) is 1. The van der Waals surface area contributed by atoms with Crippen molar-refractivity contribution >= 4 is 15.9 Å². The molecule has 0 aliphatic carbocycles. The lowest BCUT2D eigenvalue weighted by Gasteiger charge is -2.02. The first-order chi connectivity index (χ1) is 8.60. The first-order valence-corrected chi connectivity index (χ1v) is 6.43. The lowest BCUT2D eigenvalue weighted by atomic mass is 10.2. The molecule has 0 spiro atoms. The summed E-state index contributed by atoms with van der Waals surface area (Å²) < 4.78 is 18.6. The second-order valence-electron chi connectivity index (χ2n) is 4.01. The zero-order valence-corrected chi connectivity index (χ0v) is 11.4. The van der Waals surface area contributed by atoms with Gasteiger partial charge in [0.25, 0.3) is 0 Å². The molecule has 2 rings (SSSR count). The fourth-order valence-corrected chi connectivity index (χ4v) is 1.84. The minimum atomic E-state index is -0.324. The lowest BCUT2D eigenvalue weighted by Crippen LogP contribution is -2.21. The van der Waals surface area contributed by atoms with E-state index < -0.39 is 0 Å². The number of hydrogen-bond acceptors (Lipinski definition) is 4. The molecule has 1 atom stereocenters. The van der Waals surface area contributed by atoms with Gasteiger partial charge in [-0.3, -0.25) is 0 Å². The van der Waals surface area contributed by atoms with E-state index in [9.17, 15) is 4.39 Å². The minimum absolute atomic E-state index is 0.0123. The molecule has 0 amide bonds. The predicted octanol–water partition coefficient (Wildman–Crippen LogP) is 2.92. The molecule has 0 saturated carbocycles. The highest BCUT2D eigenvalue weighted by Crippen LogP contribution is 2.23. The van der Waals surface area contributed by atoms with Crippen LogP contribution in [0, 0.1) is 5.82 Å². The Labute approximate surface area is 113 Å². The molecule has 2 aromatic rings. The van der Waals surface area contributed by atoms with Gasteiger partial charge in [-0.25, -0.2) is 4.39 Å². The van der Waals surface area contributed by atoms with Gasteiger partial charge in [-0.2, -0.15) is 4.98 Å². The van der Waals surface area contributed by atoms with Gasteiger partial charge in [0.2, 0.25) is 11.7 Å². The maximum absolute atomic E-state index is 13.1. The average Bonchev–Trinajstić information content (AvgIpc) is 2.81. The van der Waals surface area contributed by atoms with Crippen molar-refractivity contribution in [3.63, 3.8) is 0 Å². The molecule has 1 heterocycles. The first kappa shape index (κ1) is 13.2. The van der Waals surface area contributed by atoms with Crippen LogP contribution < -0.4 is 5.73 Å². The molecular weight excluding hydrogens is 301 g/mol. The van der Waals surface area contributed by atoms with Gasteiger partial charge in [-0.1, -0.05) is 12.1 Å². The number of aromatic nitrogens is 2. The third-order valence-corrected chi connectivity index (χ3v) is 3.21. The monoisotopic (exact) mass is 313 g/mol. The minimum Gasteiger partial charge on any atom is -0.339 e. The van der Waals surface area contributed by atoms with E-state index >= 15 is 0 Å². The van der Waals surface area contributed by atoms with E-state index in [4.69, 9.17) is 10.3 Å². The van der Waals surface area contributed by atoms with Gasteiger partial charge in [0, 0.05) is 18.0 Å². The Hall–Kier alpha value is -1.27. The van der Waals surface area contributed by atoms with E-state index in [1.807, 2.05) is 6.92 Å². The van der Waals surface area contributed by atoms with Crippen LogP contribution >= 0.6 is 15.9 Å². The van der Waals surface area contributed by atoms with E-state index in [0.717, 1.165) is 6.42 Å². The largest absolute Gasteiger partial charge is 0.339 e. The zero-order valence-electron chi connectivity index (χ0n) is 9.86. The maximum Gasteiger partial charge on any atom is 0.228 e. The summed E-state index contributed by atoms with van der Waals surface area (Å²) in [4.78, 5) is 4.24. The van der Waals surface area contributed by atoms with Crippen LogP contribution in [0.5, 0.6) is 0 Å². The van der Waals surface area contributed by atoms with Crippen LogP contribution in [0.4, 0.5) is 4.39 Å². The van der Waals surface area contributed by atoms with Crippen LogP contribution in [-0.2, 0) is 6.42 Å². The second-order valence-corrected chi connectivity index (χ2v) is 4.87. The van der Waals surface area contributed by atoms with Crippen molar-refractivity contribution in [1.29, 1.82) is 0 Å². The number of rotatable bonds is 4. The molecule has 0 saturated heterocycles. The molecule has 1 aromatic heterocycles.